The Labute approximate surface area is 239 Å². The van der Waals surface area contributed by atoms with Gasteiger partial charge in [-0.2, -0.15) is 0 Å². The number of anilines is 1. The Bertz CT molecular complexity index is 1410. The second-order valence-electron chi connectivity index (χ2n) is 10.4. The highest BCUT2D eigenvalue weighted by Gasteiger charge is 2.33. The van der Waals surface area contributed by atoms with E-state index >= 15 is 0 Å². The maximum Gasteiger partial charge on any atom is 0.264 e. The average molecular weight is 564 g/mol. The molecule has 0 fully saturated rings. The lowest BCUT2D eigenvalue weighted by Crippen LogP contribution is -2.53. The van der Waals surface area contributed by atoms with Gasteiger partial charge in [-0.25, -0.2) is 8.42 Å². The lowest BCUT2D eigenvalue weighted by Gasteiger charge is -2.33. The molecule has 3 aromatic carbocycles. The van der Waals surface area contributed by atoms with Crippen LogP contribution in [0.3, 0.4) is 0 Å². The molecule has 0 bridgehead atoms. The number of benzene rings is 3. The van der Waals surface area contributed by atoms with Crippen LogP contribution in [0.1, 0.15) is 49.4 Å². The molecule has 7 nitrogen and oxygen atoms in total. The number of carbonyl (C=O) groups is 2. The number of aryl methyl sites for hydroxylation is 3. The van der Waals surface area contributed by atoms with Gasteiger partial charge in [-0.15, -0.1) is 0 Å². The van der Waals surface area contributed by atoms with Gasteiger partial charge in [0.15, 0.2) is 0 Å². The zero-order chi connectivity index (χ0) is 29.4. The van der Waals surface area contributed by atoms with E-state index in [0.717, 1.165) is 28.7 Å². The molecule has 0 spiro atoms. The first-order valence-electron chi connectivity index (χ1n) is 13.7. The van der Waals surface area contributed by atoms with Crippen molar-refractivity contribution in [2.24, 2.45) is 0 Å². The molecule has 3 aromatic rings. The van der Waals surface area contributed by atoms with Crippen molar-refractivity contribution in [3.05, 3.63) is 95.1 Å². The molecule has 1 N–H and O–H groups in total. The van der Waals surface area contributed by atoms with E-state index in [2.05, 4.69) is 5.32 Å². The fourth-order valence-electron chi connectivity index (χ4n) is 4.47. The van der Waals surface area contributed by atoms with Gasteiger partial charge in [0.05, 0.1) is 10.6 Å². The molecule has 2 unspecified atom stereocenters. The normalized spacial score (nSPS) is 12.8. The topological polar surface area (TPSA) is 86.8 Å². The van der Waals surface area contributed by atoms with E-state index in [-0.39, 0.29) is 23.4 Å². The van der Waals surface area contributed by atoms with Gasteiger partial charge in [0, 0.05) is 12.6 Å². The Balaban J connectivity index is 2.01. The van der Waals surface area contributed by atoms with Crippen LogP contribution < -0.4 is 9.62 Å². The molecule has 8 heteroatoms. The number of hydrogen-bond donors (Lipinski definition) is 1. The third-order valence-electron chi connectivity index (χ3n) is 7.16. The molecule has 0 heterocycles. The fourth-order valence-corrected chi connectivity index (χ4v) is 5.95. The van der Waals surface area contributed by atoms with Gasteiger partial charge < -0.3 is 10.2 Å². The molecule has 214 valence electrons. The molecule has 0 saturated carbocycles. The predicted molar refractivity (Wildman–Crippen MR) is 161 cm³/mol. The number of amides is 2. The summed E-state index contributed by atoms with van der Waals surface area (Å²) in [7, 11) is -4.09. The molecule has 0 saturated heterocycles. The van der Waals surface area contributed by atoms with E-state index in [1.807, 2.05) is 77.1 Å². The summed E-state index contributed by atoms with van der Waals surface area (Å²) in [6.07, 6.45) is 1.29. The summed E-state index contributed by atoms with van der Waals surface area (Å²) in [5.74, 6) is -0.714. The van der Waals surface area contributed by atoms with E-state index in [4.69, 9.17) is 0 Å². The smallest absolute Gasteiger partial charge is 0.264 e. The van der Waals surface area contributed by atoms with Crippen LogP contribution in [0.25, 0.3) is 0 Å². The van der Waals surface area contributed by atoms with Gasteiger partial charge in [-0.3, -0.25) is 13.9 Å². The minimum absolute atomic E-state index is 0.0466. The van der Waals surface area contributed by atoms with E-state index in [1.54, 1.807) is 37.3 Å². The van der Waals surface area contributed by atoms with Crippen molar-refractivity contribution in [1.29, 1.82) is 0 Å². The van der Waals surface area contributed by atoms with Gasteiger partial charge in [0.25, 0.3) is 10.0 Å². The summed E-state index contributed by atoms with van der Waals surface area (Å²) < 4.78 is 29.1. The van der Waals surface area contributed by atoms with Crippen molar-refractivity contribution >= 4 is 27.5 Å². The van der Waals surface area contributed by atoms with Gasteiger partial charge in [-0.05, 0) is 76.8 Å². The molecule has 0 aromatic heterocycles. The highest BCUT2D eigenvalue weighted by Crippen LogP contribution is 2.28. The minimum Gasteiger partial charge on any atom is -0.352 e. The lowest BCUT2D eigenvalue weighted by molar-refractivity contribution is -0.139. The molecule has 3 rings (SSSR count). The summed E-state index contributed by atoms with van der Waals surface area (Å²) in [5, 5.41) is 2.96. The second-order valence-corrected chi connectivity index (χ2v) is 12.3. The largest absolute Gasteiger partial charge is 0.352 e. The van der Waals surface area contributed by atoms with Crippen LogP contribution in [0.5, 0.6) is 0 Å². The number of hydrogen-bond acceptors (Lipinski definition) is 4. The minimum atomic E-state index is -4.09. The maximum absolute atomic E-state index is 14.0. The number of carbonyl (C=O) groups excluding carboxylic acids is 2. The summed E-state index contributed by atoms with van der Waals surface area (Å²) in [6.45, 7) is 11.1. The first kappa shape index (κ1) is 30.9. The molecule has 0 aliphatic heterocycles. The van der Waals surface area contributed by atoms with Crippen molar-refractivity contribution in [2.45, 2.75) is 71.4 Å². The molecule has 2 amide bonds. The summed E-state index contributed by atoms with van der Waals surface area (Å²) >= 11 is 0. The van der Waals surface area contributed by atoms with E-state index < -0.39 is 28.5 Å². The van der Waals surface area contributed by atoms with Gasteiger partial charge in [0.1, 0.15) is 12.6 Å². The van der Waals surface area contributed by atoms with Crippen molar-refractivity contribution in [2.75, 3.05) is 17.4 Å². The zero-order valence-corrected chi connectivity index (χ0v) is 25.2. The quantitative estimate of drug-likeness (QED) is 0.329. The lowest BCUT2D eigenvalue weighted by atomic mass is 10.1. The van der Waals surface area contributed by atoms with Gasteiger partial charge in [-0.1, -0.05) is 72.6 Å². The van der Waals surface area contributed by atoms with E-state index in [9.17, 15) is 18.0 Å². The molecule has 0 aliphatic rings. The molecule has 0 aliphatic carbocycles. The Morgan fingerprint density at radius 1 is 0.875 bits per heavy atom. The van der Waals surface area contributed by atoms with Gasteiger partial charge in [0.2, 0.25) is 11.8 Å². The summed E-state index contributed by atoms with van der Waals surface area (Å²) in [6, 6.07) is 20.9. The summed E-state index contributed by atoms with van der Waals surface area (Å²) in [4.78, 5) is 28.7. The van der Waals surface area contributed by atoms with Crippen LogP contribution in [0, 0.1) is 20.8 Å². The van der Waals surface area contributed by atoms with Crippen LogP contribution in [-0.2, 0) is 26.0 Å². The Morgan fingerprint density at radius 3 is 2.10 bits per heavy atom. The van der Waals surface area contributed by atoms with Crippen LogP contribution >= 0.6 is 0 Å². The molecule has 0 radical (unpaired) electrons. The average Bonchev–Trinajstić information content (AvgIpc) is 2.92. The van der Waals surface area contributed by atoms with Crippen molar-refractivity contribution in [1.82, 2.24) is 10.2 Å². The van der Waals surface area contributed by atoms with Crippen molar-refractivity contribution in [3.63, 3.8) is 0 Å². The van der Waals surface area contributed by atoms with Crippen LogP contribution in [-0.4, -0.2) is 50.3 Å². The van der Waals surface area contributed by atoms with Crippen molar-refractivity contribution in [3.8, 4) is 0 Å². The second kappa shape index (κ2) is 13.6. The first-order valence-corrected chi connectivity index (χ1v) is 15.2. The SMILES string of the molecule is CCC(C)NC(=O)C(C)N(CCc1ccccc1)C(=O)CN(c1ccc(C)cc1C)S(=O)(=O)c1ccc(C)cc1. The zero-order valence-electron chi connectivity index (χ0n) is 24.3. The van der Waals surface area contributed by atoms with E-state index in [0.29, 0.717) is 12.1 Å². The standard InChI is InChI=1S/C32H41N3O4S/c1-7-26(5)33-32(37)27(6)34(20-19-28-11-9-8-10-12-28)31(36)22-35(30-18-15-24(3)21-25(30)4)40(38,39)29-16-13-23(2)14-17-29/h8-18,21,26-27H,7,19-20,22H2,1-6H3,(H,33,37). The highest BCUT2D eigenvalue weighted by molar-refractivity contribution is 7.92. The molecule has 40 heavy (non-hydrogen) atoms. The first-order chi connectivity index (χ1) is 18.9. The van der Waals surface area contributed by atoms with Crippen LogP contribution in [0.4, 0.5) is 5.69 Å². The maximum atomic E-state index is 14.0. The molecular formula is C32H41N3O4S. The summed E-state index contributed by atoms with van der Waals surface area (Å²) in [5.41, 5.74) is 4.11. The molecular weight excluding hydrogens is 522 g/mol. The fraction of sp³-hybridized carbons (Fsp3) is 0.375. The third kappa shape index (κ3) is 7.72. The number of nitrogens with one attached hydrogen (secondary N) is 1. The Kier molecular flexibility index (Phi) is 10.5. The highest BCUT2D eigenvalue weighted by atomic mass is 32.2. The third-order valence-corrected chi connectivity index (χ3v) is 8.94. The monoisotopic (exact) mass is 563 g/mol. The number of rotatable bonds is 12. The number of sulfonamides is 1. The van der Waals surface area contributed by atoms with Crippen LogP contribution in [0.15, 0.2) is 77.7 Å². The number of nitrogens with zero attached hydrogens (tertiary/aromatic N) is 2. The predicted octanol–water partition coefficient (Wildman–Crippen LogP) is 5.18. The molecule has 2 atom stereocenters. The van der Waals surface area contributed by atoms with Gasteiger partial charge >= 0.3 is 0 Å². The Hall–Kier alpha value is -3.65. The Morgan fingerprint density at radius 2 is 1.50 bits per heavy atom. The van der Waals surface area contributed by atoms with E-state index in [1.165, 1.54) is 9.21 Å². The van der Waals surface area contributed by atoms with Crippen LogP contribution in [0.2, 0.25) is 0 Å². The van der Waals surface area contributed by atoms with Crippen molar-refractivity contribution < 1.29 is 18.0 Å².